The van der Waals surface area contributed by atoms with E-state index in [1.807, 2.05) is 12.1 Å². The molecule has 0 fully saturated rings. The van der Waals surface area contributed by atoms with Crippen molar-refractivity contribution in [3.63, 3.8) is 0 Å². The summed E-state index contributed by atoms with van der Waals surface area (Å²) >= 11 is 0. The Kier molecular flexibility index (Phi) is 3.10. The van der Waals surface area contributed by atoms with E-state index in [1.165, 1.54) is 5.56 Å². The van der Waals surface area contributed by atoms with Crippen molar-refractivity contribution in [3.8, 4) is 5.75 Å². The lowest BCUT2D eigenvalue weighted by Gasteiger charge is -2.10. The number of amides is 1. The molecule has 4 heteroatoms. The second-order valence-electron chi connectivity index (χ2n) is 3.90. The second kappa shape index (κ2) is 4.53. The Labute approximate surface area is 94.8 Å². The molecular formula is C12H16N2O2. The number of carbonyl (C=O) groups excluding carboxylic acids is 1. The monoisotopic (exact) mass is 220 g/mol. The molecule has 1 aliphatic heterocycles. The Morgan fingerprint density at radius 3 is 3.00 bits per heavy atom. The van der Waals surface area contributed by atoms with E-state index in [4.69, 9.17) is 10.5 Å². The number of carbonyl (C=O) groups is 1. The van der Waals surface area contributed by atoms with E-state index in [9.17, 15) is 4.79 Å². The number of rotatable bonds is 4. The lowest BCUT2D eigenvalue weighted by molar-refractivity contribution is -0.115. The van der Waals surface area contributed by atoms with Gasteiger partial charge in [-0.3, -0.25) is 4.79 Å². The predicted octanol–water partition coefficient (Wildman–Crippen LogP) is 1.08. The minimum Gasteiger partial charge on any atom is -0.495 e. The van der Waals surface area contributed by atoms with E-state index in [0.717, 1.165) is 29.8 Å². The first-order valence-corrected chi connectivity index (χ1v) is 5.45. The van der Waals surface area contributed by atoms with Crippen LogP contribution in [0.1, 0.15) is 17.5 Å². The van der Waals surface area contributed by atoms with Crippen molar-refractivity contribution in [2.75, 3.05) is 19.0 Å². The number of nitrogens with one attached hydrogen (secondary N) is 1. The number of fused-ring (bicyclic) bond motifs is 1. The molecule has 1 amide bonds. The van der Waals surface area contributed by atoms with Crippen LogP contribution in [0.15, 0.2) is 12.1 Å². The summed E-state index contributed by atoms with van der Waals surface area (Å²) in [5, 5.41) is 2.84. The highest BCUT2D eigenvalue weighted by Gasteiger charge is 2.23. The summed E-state index contributed by atoms with van der Waals surface area (Å²) in [6, 6.07) is 3.92. The van der Waals surface area contributed by atoms with Crippen molar-refractivity contribution in [3.05, 3.63) is 23.3 Å². The maximum Gasteiger partial charge on any atom is 0.228 e. The van der Waals surface area contributed by atoms with Crippen molar-refractivity contribution in [1.82, 2.24) is 0 Å². The van der Waals surface area contributed by atoms with Gasteiger partial charge < -0.3 is 15.8 Å². The summed E-state index contributed by atoms with van der Waals surface area (Å²) in [6.45, 7) is 0.669. The quantitative estimate of drug-likeness (QED) is 0.798. The zero-order chi connectivity index (χ0) is 11.5. The van der Waals surface area contributed by atoms with Gasteiger partial charge in [-0.15, -0.1) is 0 Å². The normalized spacial score (nSPS) is 13.5. The van der Waals surface area contributed by atoms with Gasteiger partial charge in [-0.1, -0.05) is 6.07 Å². The summed E-state index contributed by atoms with van der Waals surface area (Å²) in [5.41, 5.74) is 8.59. The van der Waals surface area contributed by atoms with Crippen molar-refractivity contribution in [1.29, 1.82) is 0 Å². The first kappa shape index (κ1) is 11.0. The van der Waals surface area contributed by atoms with Crippen LogP contribution in [0.25, 0.3) is 0 Å². The smallest absolute Gasteiger partial charge is 0.228 e. The molecule has 0 aromatic heterocycles. The van der Waals surface area contributed by atoms with Crippen LogP contribution in [0, 0.1) is 0 Å². The van der Waals surface area contributed by atoms with Crippen molar-refractivity contribution < 1.29 is 9.53 Å². The van der Waals surface area contributed by atoms with Gasteiger partial charge in [0.15, 0.2) is 0 Å². The van der Waals surface area contributed by atoms with Crippen LogP contribution in [0.2, 0.25) is 0 Å². The fourth-order valence-electron chi connectivity index (χ4n) is 2.05. The molecule has 86 valence electrons. The van der Waals surface area contributed by atoms with Crippen LogP contribution in [-0.4, -0.2) is 19.6 Å². The first-order chi connectivity index (χ1) is 7.76. The predicted molar refractivity (Wildman–Crippen MR) is 62.7 cm³/mol. The van der Waals surface area contributed by atoms with E-state index in [-0.39, 0.29) is 5.91 Å². The minimum absolute atomic E-state index is 0.0356. The van der Waals surface area contributed by atoms with E-state index in [0.29, 0.717) is 13.0 Å². The van der Waals surface area contributed by atoms with Gasteiger partial charge in [0.2, 0.25) is 5.91 Å². The maximum atomic E-state index is 11.4. The lowest BCUT2D eigenvalue weighted by atomic mass is 10.00. The Morgan fingerprint density at radius 2 is 2.31 bits per heavy atom. The van der Waals surface area contributed by atoms with E-state index in [1.54, 1.807) is 7.11 Å². The summed E-state index contributed by atoms with van der Waals surface area (Å²) in [4.78, 5) is 11.4. The highest BCUT2D eigenvalue weighted by atomic mass is 16.5. The molecule has 0 aliphatic carbocycles. The van der Waals surface area contributed by atoms with Crippen LogP contribution in [0.4, 0.5) is 5.69 Å². The van der Waals surface area contributed by atoms with Gasteiger partial charge in [0.1, 0.15) is 5.75 Å². The molecule has 3 N–H and O–H groups in total. The van der Waals surface area contributed by atoms with Gasteiger partial charge >= 0.3 is 0 Å². The van der Waals surface area contributed by atoms with Crippen LogP contribution >= 0.6 is 0 Å². The van der Waals surface area contributed by atoms with Crippen molar-refractivity contribution in [2.24, 2.45) is 5.73 Å². The third kappa shape index (κ3) is 1.88. The Hall–Kier alpha value is -1.55. The number of anilines is 1. The molecule has 0 saturated carbocycles. The average Bonchev–Trinajstić information content (AvgIpc) is 2.67. The number of aryl methyl sites for hydroxylation is 1. The van der Waals surface area contributed by atoms with Crippen molar-refractivity contribution >= 4 is 11.6 Å². The fraction of sp³-hybridized carbons (Fsp3) is 0.417. The minimum atomic E-state index is 0.0356. The molecular weight excluding hydrogens is 204 g/mol. The third-order valence-corrected chi connectivity index (χ3v) is 2.84. The molecule has 0 atom stereocenters. The zero-order valence-electron chi connectivity index (χ0n) is 9.38. The first-order valence-electron chi connectivity index (χ1n) is 5.45. The molecule has 4 nitrogen and oxygen atoms in total. The highest BCUT2D eigenvalue weighted by Crippen LogP contribution is 2.35. The van der Waals surface area contributed by atoms with Crippen LogP contribution in [0.3, 0.4) is 0 Å². The number of nitrogens with two attached hydrogens (primary N) is 1. The number of hydrogen-bond donors (Lipinski definition) is 2. The maximum absolute atomic E-state index is 11.4. The van der Waals surface area contributed by atoms with Gasteiger partial charge in [0.25, 0.3) is 0 Å². The molecule has 0 saturated heterocycles. The van der Waals surface area contributed by atoms with Crippen LogP contribution < -0.4 is 15.8 Å². The lowest BCUT2D eigenvalue weighted by Crippen LogP contribution is -2.04. The molecule has 1 aromatic carbocycles. The van der Waals surface area contributed by atoms with Gasteiger partial charge in [-0.05, 0) is 36.6 Å². The van der Waals surface area contributed by atoms with E-state index >= 15 is 0 Å². The number of benzene rings is 1. The molecule has 1 aliphatic rings. The summed E-state index contributed by atoms with van der Waals surface area (Å²) in [5.74, 6) is 0.769. The van der Waals surface area contributed by atoms with Crippen LogP contribution in [0.5, 0.6) is 5.75 Å². The van der Waals surface area contributed by atoms with Gasteiger partial charge in [0, 0.05) is 0 Å². The number of hydrogen-bond acceptors (Lipinski definition) is 3. The Morgan fingerprint density at radius 1 is 1.50 bits per heavy atom. The molecule has 2 rings (SSSR count). The van der Waals surface area contributed by atoms with Crippen LogP contribution in [-0.2, 0) is 17.6 Å². The SMILES string of the molecule is COc1ccc(CCCN)c2c1NC(=O)C2. The standard InChI is InChI=1S/C12H16N2O2/c1-16-10-5-4-8(3-2-6-13)9-7-11(15)14-12(9)10/h4-5H,2-3,6-7,13H2,1H3,(H,14,15). The number of methoxy groups -OCH3 is 1. The summed E-state index contributed by atoms with van der Waals surface area (Å²) < 4.78 is 5.23. The van der Waals surface area contributed by atoms with Gasteiger partial charge in [-0.2, -0.15) is 0 Å². The van der Waals surface area contributed by atoms with E-state index < -0.39 is 0 Å². The Balaban J connectivity index is 2.35. The molecule has 1 heterocycles. The van der Waals surface area contributed by atoms with E-state index in [2.05, 4.69) is 5.32 Å². The topological polar surface area (TPSA) is 64.3 Å². The highest BCUT2D eigenvalue weighted by molar-refractivity contribution is 6.01. The second-order valence-corrected chi connectivity index (χ2v) is 3.90. The zero-order valence-corrected chi connectivity index (χ0v) is 9.38. The largest absolute Gasteiger partial charge is 0.495 e. The average molecular weight is 220 g/mol. The molecule has 0 spiro atoms. The van der Waals surface area contributed by atoms with Crippen molar-refractivity contribution in [2.45, 2.75) is 19.3 Å². The summed E-state index contributed by atoms with van der Waals surface area (Å²) in [7, 11) is 1.61. The summed E-state index contributed by atoms with van der Waals surface area (Å²) in [6.07, 6.45) is 2.30. The molecule has 0 bridgehead atoms. The van der Waals surface area contributed by atoms with Gasteiger partial charge in [0.05, 0.1) is 19.2 Å². The fourth-order valence-corrected chi connectivity index (χ4v) is 2.05. The number of ether oxygens (including phenoxy) is 1. The molecule has 0 radical (unpaired) electrons. The molecule has 16 heavy (non-hydrogen) atoms. The Bertz CT molecular complexity index is 416. The van der Waals surface area contributed by atoms with Gasteiger partial charge in [-0.25, -0.2) is 0 Å². The molecule has 0 unspecified atom stereocenters. The molecule has 1 aromatic rings. The third-order valence-electron chi connectivity index (χ3n) is 2.84.